The van der Waals surface area contributed by atoms with Gasteiger partial charge in [0.05, 0.1) is 22.4 Å². The topological polar surface area (TPSA) is 30.7 Å². The maximum absolute atomic E-state index is 5.29. The largest absolute Gasteiger partial charge is 0.278 e. The van der Waals surface area contributed by atoms with Crippen molar-refractivity contribution in [1.29, 1.82) is 0 Å². The molecular weight excluding hydrogens is 607 g/mol. The van der Waals surface area contributed by atoms with Crippen LogP contribution in [0, 0.1) is 0 Å². The number of aromatic nitrogens is 3. The van der Waals surface area contributed by atoms with Crippen LogP contribution in [-0.4, -0.2) is 14.5 Å². The summed E-state index contributed by atoms with van der Waals surface area (Å²) in [4.78, 5) is 10.5. The highest BCUT2D eigenvalue weighted by molar-refractivity contribution is 6.22. The Hall–Kier alpha value is -6.06. The maximum Gasteiger partial charge on any atom is 0.235 e. The number of para-hydroxylation sites is 1. The van der Waals surface area contributed by atoms with Gasteiger partial charge < -0.3 is 0 Å². The fourth-order valence-electron chi connectivity index (χ4n) is 9.12. The Morgan fingerprint density at radius 2 is 1.38 bits per heavy atom. The Kier molecular flexibility index (Phi) is 5.57. The van der Waals surface area contributed by atoms with Crippen molar-refractivity contribution in [2.45, 2.75) is 32.1 Å². The van der Waals surface area contributed by atoms with E-state index in [0.29, 0.717) is 0 Å². The molecule has 0 spiro atoms. The first-order chi connectivity index (χ1) is 24.6. The third-order valence-electron chi connectivity index (χ3n) is 11.4. The van der Waals surface area contributed by atoms with Crippen LogP contribution in [0.25, 0.3) is 78.1 Å². The average Bonchev–Trinajstić information content (AvgIpc) is 3.76. The van der Waals surface area contributed by atoms with Gasteiger partial charge in [0.2, 0.25) is 5.95 Å². The minimum absolute atomic E-state index is 0.108. The Morgan fingerprint density at radius 1 is 0.620 bits per heavy atom. The molecule has 0 saturated heterocycles. The molecule has 50 heavy (non-hydrogen) atoms. The van der Waals surface area contributed by atoms with Crippen LogP contribution >= 0.6 is 0 Å². The van der Waals surface area contributed by atoms with Crippen molar-refractivity contribution in [3.63, 3.8) is 0 Å². The predicted molar refractivity (Wildman–Crippen MR) is 207 cm³/mol. The van der Waals surface area contributed by atoms with Crippen LogP contribution in [0.4, 0.5) is 0 Å². The van der Waals surface area contributed by atoms with Gasteiger partial charge in [-0.1, -0.05) is 129 Å². The molecule has 0 fully saturated rings. The second-order valence-corrected chi connectivity index (χ2v) is 14.5. The van der Waals surface area contributed by atoms with Gasteiger partial charge in [-0.15, -0.1) is 0 Å². The summed E-state index contributed by atoms with van der Waals surface area (Å²) in [6.07, 6.45) is 6.34. The summed E-state index contributed by atoms with van der Waals surface area (Å²) < 4.78 is 2.26. The molecule has 0 radical (unpaired) electrons. The Bertz CT molecular complexity index is 2820. The van der Waals surface area contributed by atoms with E-state index in [4.69, 9.17) is 9.97 Å². The molecule has 11 rings (SSSR count). The van der Waals surface area contributed by atoms with Crippen molar-refractivity contribution in [3.8, 4) is 28.3 Å². The lowest BCUT2D eigenvalue weighted by Crippen LogP contribution is -2.16. The van der Waals surface area contributed by atoms with Crippen LogP contribution < -0.4 is 0 Å². The molecule has 0 bridgehead atoms. The van der Waals surface area contributed by atoms with E-state index in [2.05, 4.69) is 158 Å². The van der Waals surface area contributed by atoms with E-state index in [1.165, 1.54) is 66.1 Å². The third-order valence-corrected chi connectivity index (χ3v) is 11.4. The van der Waals surface area contributed by atoms with Crippen molar-refractivity contribution >= 4 is 49.8 Å². The summed E-state index contributed by atoms with van der Waals surface area (Å²) in [5.41, 5.74) is 17.3. The first kappa shape index (κ1) is 27.8. The number of hydrogen-bond donors (Lipinski definition) is 0. The van der Waals surface area contributed by atoms with E-state index >= 15 is 0 Å². The first-order valence-electron chi connectivity index (χ1n) is 17.7. The summed E-state index contributed by atoms with van der Waals surface area (Å²) in [5, 5.41) is 5.14. The van der Waals surface area contributed by atoms with Crippen LogP contribution in [-0.2, 0) is 11.8 Å². The van der Waals surface area contributed by atoms with Gasteiger partial charge in [-0.2, -0.15) is 0 Å². The zero-order valence-corrected chi connectivity index (χ0v) is 28.0. The standard InChI is InChI=1S/C47H33N3/c1-47(2)38-27-31(22-24-33(38)43-35-18-10-14-28-15-11-19-36(42(28)35)44(43)47)30-23-25-41-37(26-30)32-16-7-9-21-40(32)50(41)46-48-39-20-8-6-17-34(39)45(49-46)29-12-4-3-5-13-29/h3-7,9-19,21-27H,8,20H2,1-2H3. The minimum atomic E-state index is -0.108. The highest BCUT2D eigenvalue weighted by atomic mass is 15.2. The van der Waals surface area contributed by atoms with E-state index in [1.807, 2.05) is 0 Å². The molecule has 0 atom stereocenters. The van der Waals surface area contributed by atoms with Gasteiger partial charge >= 0.3 is 0 Å². The molecular formula is C47H33N3. The van der Waals surface area contributed by atoms with Crippen LogP contribution in [0.2, 0.25) is 0 Å². The van der Waals surface area contributed by atoms with Crippen LogP contribution in [0.1, 0.15) is 53.8 Å². The number of nitrogens with zero attached hydrogens (tertiary/aromatic N) is 3. The summed E-state index contributed by atoms with van der Waals surface area (Å²) in [5.74, 6) is 0.729. The van der Waals surface area contributed by atoms with Crippen molar-refractivity contribution in [2.75, 3.05) is 0 Å². The minimum Gasteiger partial charge on any atom is -0.278 e. The SMILES string of the molecule is CC1(C)C2=C(c3ccc(-c4ccc5c(c4)c4ccccc4n5-c4nc5c(c(-c6ccccc6)n4)C=CCC5)cc31)c1cccc3cccc2c13. The van der Waals surface area contributed by atoms with Crippen molar-refractivity contribution < 1.29 is 0 Å². The van der Waals surface area contributed by atoms with Gasteiger partial charge in [0.25, 0.3) is 0 Å². The smallest absolute Gasteiger partial charge is 0.235 e. The fourth-order valence-corrected chi connectivity index (χ4v) is 9.12. The molecule has 0 saturated carbocycles. The summed E-state index contributed by atoms with van der Waals surface area (Å²) in [6, 6.07) is 46.8. The van der Waals surface area contributed by atoms with Gasteiger partial charge in [-0.25, -0.2) is 9.97 Å². The molecule has 236 valence electrons. The molecule has 0 unspecified atom stereocenters. The summed E-state index contributed by atoms with van der Waals surface area (Å²) in [7, 11) is 0. The van der Waals surface area contributed by atoms with Crippen LogP contribution in [0.15, 0.2) is 133 Å². The Labute approximate surface area is 290 Å². The van der Waals surface area contributed by atoms with E-state index in [-0.39, 0.29) is 5.41 Å². The molecule has 3 heteroatoms. The Balaban J connectivity index is 1.07. The van der Waals surface area contributed by atoms with Gasteiger partial charge in [-0.05, 0) is 92.4 Å². The van der Waals surface area contributed by atoms with Gasteiger partial charge in [-0.3, -0.25) is 4.57 Å². The van der Waals surface area contributed by atoms with Gasteiger partial charge in [0.1, 0.15) is 0 Å². The first-order valence-corrected chi connectivity index (χ1v) is 17.7. The molecule has 2 heterocycles. The van der Waals surface area contributed by atoms with Crippen molar-refractivity contribution in [1.82, 2.24) is 14.5 Å². The summed E-state index contributed by atoms with van der Waals surface area (Å²) >= 11 is 0. The van der Waals surface area contributed by atoms with E-state index in [1.54, 1.807) is 0 Å². The van der Waals surface area contributed by atoms with Crippen LogP contribution in [0.3, 0.4) is 0 Å². The molecule has 0 aliphatic heterocycles. The third kappa shape index (κ3) is 3.69. The normalized spacial score (nSPS) is 15.2. The number of allylic oxidation sites excluding steroid dienone is 2. The molecule has 3 nitrogen and oxygen atoms in total. The number of rotatable bonds is 3. The number of hydrogen-bond acceptors (Lipinski definition) is 2. The monoisotopic (exact) mass is 639 g/mol. The molecule has 0 amide bonds. The lowest BCUT2D eigenvalue weighted by atomic mass is 9.77. The molecule has 3 aliphatic rings. The molecule has 0 N–H and O–H groups in total. The number of fused-ring (bicyclic) bond motifs is 8. The van der Waals surface area contributed by atoms with E-state index < -0.39 is 0 Å². The van der Waals surface area contributed by atoms with Crippen molar-refractivity contribution in [2.24, 2.45) is 0 Å². The van der Waals surface area contributed by atoms with Gasteiger partial charge in [0, 0.05) is 27.3 Å². The number of aryl methyl sites for hydroxylation is 1. The quantitative estimate of drug-likeness (QED) is 0.193. The molecule has 6 aromatic carbocycles. The number of benzene rings is 6. The van der Waals surface area contributed by atoms with E-state index in [0.717, 1.165) is 52.3 Å². The summed E-state index contributed by atoms with van der Waals surface area (Å²) in [6.45, 7) is 4.80. The zero-order valence-electron chi connectivity index (χ0n) is 28.0. The second kappa shape index (κ2) is 9.99. The maximum atomic E-state index is 5.29. The predicted octanol–water partition coefficient (Wildman–Crippen LogP) is 11.6. The van der Waals surface area contributed by atoms with E-state index in [9.17, 15) is 0 Å². The zero-order chi connectivity index (χ0) is 33.1. The fraction of sp³-hybridized carbons (Fsp3) is 0.106. The second-order valence-electron chi connectivity index (χ2n) is 14.5. The molecule has 3 aliphatic carbocycles. The average molecular weight is 640 g/mol. The highest BCUT2D eigenvalue weighted by Crippen LogP contribution is 2.59. The van der Waals surface area contributed by atoms with Crippen LogP contribution in [0.5, 0.6) is 0 Å². The lowest BCUT2D eigenvalue weighted by molar-refractivity contribution is 0.705. The lowest BCUT2D eigenvalue weighted by Gasteiger charge is -2.25. The van der Waals surface area contributed by atoms with Crippen molar-refractivity contribution in [3.05, 3.63) is 167 Å². The highest BCUT2D eigenvalue weighted by Gasteiger charge is 2.43. The molecule has 2 aromatic heterocycles. The van der Waals surface area contributed by atoms with Gasteiger partial charge in [0.15, 0.2) is 0 Å². The Morgan fingerprint density at radius 3 is 2.26 bits per heavy atom. The molecule has 8 aromatic rings.